The first-order valence-electron chi connectivity index (χ1n) is 47.2. The number of carbonyl (C=O) groups excluding carboxylic acids is 10. The highest BCUT2D eigenvalue weighted by atomic mass is 16.6. The summed E-state index contributed by atoms with van der Waals surface area (Å²) in [6.45, 7) is 19.6. The molecule has 0 atom stereocenters. The molecule has 23 heteroatoms. The van der Waals surface area contributed by atoms with E-state index in [1.165, 1.54) is 16.7 Å². The predicted octanol–water partition coefficient (Wildman–Crippen LogP) is 27.9. The first-order chi connectivity index (χ1) is 63.7. The normalized spacial score (nSPS) is 10.2. The Bertz CT molecular complexity index is 4650. The lowest BCUT2D eigenvalue weighted by Gasteiger charge is -2.11. The number of hydrogen-bond acceptors (Lipinski definition) is 23. The van der Waals surface area contributed by atoms with Crippen LogP contribution < -0.4 is 33.2 Å². The Morgan fingerprint density at radius 1 is 0.212 bits per heavy atom. The maximum Gasteiger partial charge on any atom is 0.343 e. The lowest BCUT2D eigenvalue weighted by molar-refractivity contribution is -0.144. The van der Waals surface area contributed by atoms with Crippen molar-refractivity contribution in [2.75, 3.05) is 59.5 Å². The van der Waals surface area contributed by atoms with Gasteiger partial charge in [0, 0.05) is 44.9 Å². The summed E-state index contributed by atoms with van der Waals surface area (Å²) >= 11 is 0. The highest BCUT2D eigenvalue weighted by molar-refractivity contribution is 5.93. The molecule has 0 saturated carbocycles. The van der Waals surface area contributed by atoms with Gasteiger partial charge in [0.15, 0.2) is 0 Å². The second-order valence-electron chi connectivity index (χ2n) is 32.1. The number of benzene rings is 8. The van der Waals surface area contributed by atoms with Gasteiger partial charge >= 0.3 is 59.7 Å². The van der Waals surface area contributed by atoms with Crippen LogP contribution >= 0.6 is 0 Å². The SMILES string of the molecule is C.C.C.C.C.C.CCCC(=O)OCCCCCCOc1ccc(-c2ccc(CCCCCCOC(=O)CCC)cc2)cc1.CCCC(=O)OCCCCCCOc1ccc(C(=O)Oc2ccc(OC(=O)c3ccc(CCCCCCOC(=O)CCC)cc3)cc2C)cc1.CCCC(=O)OCCCOc1ccc(C(=O)Oc2ccc(OC(=O)c3ccc(CCCOC(=O)CCC)cc3)cc2C)cc1. The van der Waals surface area contributed by atoms with Gasteiger partial charge < -0.3 is 61.6 Å². The van der Waals surface area contributed by atoms with Crippen molar-refractivity contribution in [3.05, 3.63) is 232 Å². The van der Waals surface area contributed by atoms with Gasteiger partial charge in [-0.05, 0) is 315 Å². The van der Waals surface area contributed by atoms with Crippen LogP contribution in [0.5, 0.6) is 40.2 Å². The molecule has 0 aromatic heterocycles. The van der Waals surface area contributed by atoms with E-state index >= 15 is 0 Å². The van der Waals surface area contributed by atoms with E-state index in [9.17, 15) is 47.9 Å². The Morgan fingerprint density at radius 3 is 0.708 bits per heavy atom. The summed E-state index contributed by atoms with van der Waals surface area (Å²) in [6.07, 6.45) is 27.6. The third-order valence-corrected chi connectivity index (χ3v) is 20.6. The summed E-state index contributed by atoms with van der Waals surface area (Å²) in [6, 6.07) is 54.7. The molecule has 8 aromatic rings. The van der Waals surface area contributed by atoms with Crippen LogP contribution in [-0.2, 0) is 76.5 Å². The Morgan fingerprint density at radius 2 is 0.423 bits per heavy atom. The molecule has 0 spiro atoms. The number of aryl methyl sites for hydroxylation is 5. The van der Waals surface area contributed by atoms with Crippen LogP contribution in [0.2, 0.25) is 0 Å². The minimum atomic E-state index is -0.536. The molecule has 0 aliphatic carbocycles. The largest absolute Gasteiger partial charge is 0.494 e. The van der Waals surface area contributed by atoms with E-state index in [1.54, 1.807) is 123 Å². The molecule has 8 rings (SSSR count). The molecule has 0 radical (unpaired) electrons. The van der Waals surface area contributed by atoms with Gasteiger partial charge in [-0.2, -0.15) is 0 Å². The molecular formula is C114H162O23. The van der Waals surface area contributed by atoms with E-state index in [2.05, 4.69) is 36.4 Å². The van der Waals surface area contributed by atoms with E-state index in [0.717, 1.165) is 177 Å². The zero-order valence-corrected chi connectivity index (χ0v) is 78.4. The first kappa shape index (κ1) is 125. The maximum absolute atomic E-state index is 12.8. The Kier molecular flexibility index (Phi) is 69.3. The summed E-state index contributed by atoms with van der Waals surface area (Å²) in [7, 11) is 0. The number of unbranched alkanes of at least 4 members (excludes halogenated alkanes) is 12. The molecule has 0 bridgehead atoms. The topological polar surface area (TPSA) is 291 Å². The average Bonchev–Trinajstić information content (AvgIpc) is 0.843. The third-order valence-electron chi connectivity index (χ3n) is 20.6. The van der Waals surface area contributed by atoms with E-state index in [1.807, 2.05) is 77.9 Å². The first-order valence-corrected chi connectivity index (χ1v) is 47.2. The van der Waals surface area contributed by atoms with Gasteiger partial charge in [-0.15, -0.1) is 0 Å². The van der Waals surface area contributed by atoms with E-state index in [-0.39, 0.29) is 80.4 Å². The minimum absolute atomic E-state index is 0. The van der Waals surface area contributed by atoms with Crippen molar-refractivity contribution in [3.63, 3.8) is 0 Å². The van der Waals surface area contributed by atoms with Gasteiger partial charge in [-0.1, -0.05) is 172 Å². The minimum Gasteiger partial charge on any atom is -0.494 e. The fourth-order valence-electron chi connectivity index (χ4n) is 13.2. The van der Waals surface area contributed by atoms with Crippen molar-refractivity contribution in [2.24, 2.45) is 0 Å². The van der Waals surface area contributed by atoms with E-state index in [4.69, 9.17) is 61.6 Å². The van der Waals surface area contributed by atoms with Crippen molar-refractivity contribution in [2.45, 2.75) is 312 Å². The number of ether oxygens (including phenoxy) is 13. The van der Waals surface area contributed by atoms with Crippen LogP contribution in [0.25, 0.3) is 11.1 Å². The molecule has 0 N–H and O–H groups in total. The molecule has 0 amide bonds. The van der Waals surface area contributed by atoms with Gasteiger partial charge in [0.05, 0.1) is 81.7 Å². The Labute approximate surface area is 819 Å². The zero-order chi connectivity index (χ0) is 94.3. The molecule has 0 heterocycles. The fourth-order valence-corrected chi connectivity index (χ4v) is 13.2. The second kappa shape index (κ2) is 76.0. The van der Waals surface area contributed by atoms with Crippen LogP contribution in [0.3, 0.4) is 0 Å². The number of rotatable bonds is 60. The molecular weight excluding hydrogens is 1740 g/mol. The van der Waals surface area contributed by atoms with Crippen LogP contribution in [0.1, 0.15) is 348 Å². The van der Waals surface area contributed by atoms with Crippen molar-refractivity contribution >= 4 is 59.7 Å². The summed E-state index contributed by atoms with van der Waals surface area (Å²) in [5.41, 5.74) is 8.79. The lowest BCUT2D eigenvalue weighted by Crippen LogP contribution is -2.11. The van der Waals surface area contributed by atoms with Crippen molar-refractivity contribution in [3.8, 4) is 51.4 Å². The van der Waals surface area contributed by atoms with Crippen molar-refractivity contribution in [1.29, 1.82) is 0 Å². The average molecular weight is 1900 g/mol. The van der Waals surface area contributed by atoms with Crippen molar-refractivity contribution in [1.82, 2.24) is 0 Å². The van der Waals surface area contributed by atoms with Gasteiger partial charge in [0.1, 0.15) is 40.2 Å². The number of esters is 10. The van der Waals surface area contributed by atoms with Crippen LogP contribution in [0.4, 0.5) is 0 Å². The molecule has 0 saturated heterocycles. The fraction of sp³-hybridized carbons (Fsp3) is 0.491. The highest BCUT2D eigenvalue weighted by Gasteiger charge is 2.19. The summed E-state index contributed by atoms with van der Waals surface area (Å²) < 4.78 is 70.6. The Hall–Kier alpha value is -12.1. The maximum atomic E-state index is 12.8. The van der Waals surface area contributed by atoms with Crippen LogP contribution in [-0.4, -0.2) is 119 Å². The van der Waals surface area contributed by atoms with Gasteiger partial charge in [-0.25, -0.2) is 19.2 Å². The summed E-state index contributed by atoms with van der Waals surface area (Å²) in [5.74, 6) is 0.740. The lowest BCUT2D eigenvalue weighted by atomic mass is 10.0. The zero-order valence-electron chi connectivity index (χ0n) is 78.4. The summed E-state index contributed by atoms with van der Waals surface area (Å²) in [4.78, 5) is 119. The molecule has 137 heavy (non-hydrogen) atoms. The predicted molar refractivity (Wildman–Crippen MR) is 546 cm³/mol. The molecule has 8 aromatic carbocycles. The summed E-state index contributed by atoms with van der Waals surface area (Å²) in [5, 5.41) is 0. The molecule has 23 nitrogen and oxygen atoms in total. The Balaban J connectivity index is 0.00000200. The standard InChI is InChI=1S/C41H52O9.C35H40O9.C32H46O5.6CH4/c1-4-14-38(42)47-28-12-7-6-10-16-32-17-19-33(20-18-32)40(44)49-36-25-26-37(31(3)30-36)50-41(45)34-21-23-35(24-22-34)46-27-11-8-9-13-29-48-39(43)15-5-2;1-4-8-32(36)41-21-6-10-26-11-13-27(14-12-26)34(38)43-30-19-20-31(25(3)24-30)44-35(39)28-15-17-29(18-16-28)40-22-7-23-42-33(37)9-5-2;1-3-13-31(33)36-25-11-6-5-9-15-27-16-18-28(19-17-27)29-20-22-30(23-21-29)35-24-10-7-8-12-26-37-32(34)14-4-2;;;;;;/h17-26,30H,4-16,27-29H2,1-3H3;11-20,24H,4-10,21-23H2,1-3H3;16-23H,3-15,24-26H2,1-2H3;6*1H4. The molecule has 0 aliphatic rings. The van der Waals surface area contributed by atoms with Gasteiger partial charge in [-0.3, -0.25) is 28.8 Å². The third kappa shape index (κ3) is 53.8. The van der Waals surface area contributed by atoms with Crippen LogP contribution in [0, 0.1) is 13.8 Å². The smallest absolute Gasteiger partial charge is 0.343 e. The van der Waals surface area contributed by atoms with Crippen LogP contribution in [0.15, 0.2) is 182 Å². The van der Waals surface area contributed by atoms with Crippen molar-refractivity contribution < 1.29 is 110 Å². The molecule has 0 aliphatic heterocycles. The number of hydrogen-bond donors (Lipinski definition) is 0. The highest BCUT2D eigenvalue weighted by Crippen LogP contribution is 2.30. The monoisotopic (exact) mass is 1900 g/mol. The molecule has 756 valence electrons. The molecule has 0 fully saturated rings. The van der Waals surface area contributed by atoms with E-state index < -0.39 is 23.9 Å². The second-order valence-corrected chi connectivity index (χ2v) is 32.1. The number of carbonyl (C=O) groups is 10. The molecule has 0 unspecified atom stereocenters. The van der Waals surface area contributed by atoms with Gasteiger partial charge in [0.2, 0.25) is 0 Å². The van der Waals surface area contributed by atoms with Gasteiger partial charge in [0.25, 0.3) is 0 Å². The van der Waals surface area contributed by atoms with E-state index in [0.29, 0.717) is 179 Å². The quantitative estimate of drug-likeness (QED) is 0.0148.